The van der Waals surface area contributed by atoms with E-state index in [4.69, 9.17) is 0 Å². The maximum absolute atomic E-state index is 12.3. The maximum Gasteiger partial charge on any atom is 0.401 e. The molecule has 2 nitrogen and oxygen atoms in total. The van der Waals surface area contributed by atoms with Crippen LogP contribution >= 0.6 is 0 Å². The van der Waals surface area contributed by atoms with Crippen molar-refractivity contribution < 1.29 is 13.2 Å². The largest absolute Gasteiger partial charge is 0.401 e. The zero-order valence-electron chi connectivity index (χ0n) is 11.6. The number of nitrogens with one attached hydrogen (secondary N) is 1. The van der Waals surface area contributed by atoms with Gasteiger partial charge in [-0.25, -0.2) is 0 Å². The standard InChI is InChI=1S/C13H25F3N2/c1-4-12(10(2)3)17-7-11-5-6-18(8-11)9-13(14,15)16/h10-12,17H,4-9H2,1-3H3. The van der Waals surface area contributed by atoms with Crippen molar-refractivity contribution >= 4 is 0 Å². The fourth-order valence-electron chi connectivity index (χ4n) is 2.65. The summed E-state index contributed by atoms with van der Waals surface area (Å²) >= 11 is 0. The van der Waals surface area contributed by atoms with Crippen molar-refractivity contribution in [3.63, 3.8) is 0 Å². The molecule has 1 saturated heterocycles. The third-order valence-corrected chi connectivity index (χ3v) is 3.69. The Morgan fingerprint density at radius 2 is 2.00 bits per heavy atom. The summed E-state index contributed by atoms with van der Waals surface area (Å²) in [7, 11) is 0. The Balaban J connectivity index is 2.26. The molecule has 0 saturated carbocycles. The minimum absolute atomic E-state index is 0.361. The lowest BCUT2D eigenvalue weighted by molar-refractivity contribution is -0.143. The Morgan fingerprint density at radius 3 is 2.50 bits per heavy atom. The molecule has 108 valence electrons. The summed E-state index contributed by atoms with van der Waals surface area (Å²) < 4.78 is 36.8. The van der Waals surface area contributed by atoms with Crippen molar-refractivity contribution in [1.29, 1.82) is 0 Å². The monoisotopic (exact) mass is 266 g/mol. The van der Waals surface area contributed by atoms with Gasteiger partial charge in [0, 0.05) is 12.6 Å². The molecule has 1 aliphatic heterocycles. The summed E-state index contributed by atoms with van der Waals surface area (Å²) in [5, 5.41) is 3.49. The first-order valence-corrected chi connectivity index (χ1v) is 6.84. The van der Waals surface area contributed by atoms with Gasteiger partial charge in [-0.2, -0.15) is 13.2 Å². The van der Waals surface area contributed by atoms with Crippen LogP contribution < -0.4 is 5.32 Å². The second-order valence-electron chi connectivity index (χ2n) is 5.67. The molecule has 5 heteroatoms. The number of likely N-dealkylation sites (tertiary alicyclic amines) is 1. The van der Waals surface area contributed by atoms with E-state index in [9.17, 15) is 13.2 Å². The van der Waals surface area contributed by atoms with E-state index in [0.717, 1.165) is 19.4 Å². The minimum atomic E-state index is -4.06. The first-order chi connectivity index (χ1) is 8.31. The van der Waals surface area contributed by atoms with E-state index < -0.39 is 12.7 Å². The predicted molar refractivity (Wildman–Crippen MR) is 67.5 cm³/mol. The second-order valence-corrected chi connectivity index (χ2v) is 5.67. The second kappa shape index (κ2) is 6.75. The normalized spacial score (nSPS) is 23.8. The van der Waals surface area contributed by atoms with Crippen molar-refractivity contribution in [1.82, 2.24) is 10.2 Å². The summed E-state index contributed by atoms with van der Waals surface area (Å²) in [5.41, 5.74) is 0. The molecule has 1 aliphatic rings. The van der Waals surface area contributed by atoms with Crippen molar-refractivity contribution in [2.45, 2.75) is 45.8 Å². The molecule has 0 amide bonds. The highest BCUT2D eigenvalue weighted by Gasteiger charge is 2.34. The van der Waals surface area contributed by atoms with Crippen molar-refractivity contribution in [2.24, 2.45) is 11.8 Å². The molecule has 1 N–H and O–H groups in total. The SMILES string of the molecule is CCC(NCC1CCN(CC(F)(F)F)C1)C(C)C. The van der Waals surface area contributed by atoms with Crippen LogP contribution in [0.1, 0.15) is 33.6 Å². The third-order valence-electron chi connectivity index (χ3n) is 3.69. The maximum atomic E-state index is 12.3. The van der Waals surface area contributed by atoms with Crippen molar-refractivity contribution in [2.75, 3.05) is 26.2 Å². The average molecular weight is 266 g/mol. The zero-order valence-corrected chi connectivity index (χ0v) is 11.6. The van der Waals surface area contributed by atoms with Gasteiger partial charge < -0.3 is 5.32 Å². The van der Waals surface area contributed by atoms with E-state index in [0.29, 0.717) is 31.0 Å². The van der Waals surface area contributed by atoms with Gasteiger partial charge in [0.2, 0.25) is 0 Å². The number of nitrogens with zero attached hydrogens (tertiary/aromatic N) is 1. The van der Waals surface area contributed by atoms with Crippen LogP contribution in [0.5, 0.6) is 0 Å². The molecule has 0 aromatic carbocycles. The van der Waals surface area contributed by atoms with Gasteiger partial charge in [0.1, 0.15) is 0 Å². The summed E-state index contributed by atoms with van der Waals surface area (Å²) in [6, 6.07) is 0.474. The minimum Gasteiger partial charge on any atom is -0.313 e. The van der Waals surface area contributed by atoms with Crippen LogP contribution in [-0.2, 0) is 0 Å². The summed E-state index contributed by atoms with van der Waals surface area (Å²) in [6.45, 7) is 7.71. The van der Waals surface area contributed by atoms with Gasteiger partial charge in [0.15, 0.2) is 0 Å². The van der Waals surface area contributed by atoms with E-state index in [1.54, 1.807) is 0 Å². The first-order valence-electron chi connectivity index (χ1n) is 6.84. The van der Waals surface area contributed by atoms with Gasteiger partial charge in [-0.3, -0.25) is 4.90 Å². The predicted octanol–water partition coefficient (Wildman–Crippen LogP) is 2.89. The van der Waals surface area contributed by atoms with Gasteiger partial charge in [0.25, 0.3) is 0 Å². The Morgan fingerprint density at radius 1 is 1.33 bits per heavy atom. The fourth-order valence-corrected chi connectivity index (χ4v) is 2.65. The zero-order chi connectivity index (χ0) is 13.8. The molecule has 0 aromatic heterocycles. The number of rotatable bonds is 6. The van der Waals surface area contributed by atoms with Crippen LogP contribution in [0.3, 0.4) is 0 Å². The lowest BCUT2D eigenvalue weighted by Gasteiger charge is -2.23. The molecule has 2 unspecified atom stereocenters. The Kier molecular flexibility index (Phi) is 5.92. The Hall–Kier alpha value is -0.290. The number of hydrogen-bond donors (Lipinski definition) is 1. The van der Waals surface area contributed by atoms with E-state index in [1.807, 2.05) is 0 Å². The van der Waals surface area contributed by atoms with Gasteiger partial charge in [-0.15, -0.1) is 0 Å². The molecule has 2 atom stereocenters. The van der Waals surface area contributed by atoms with E-state index >= 15 is 0 Å². The number of hydrogen-bond acceptors (Lipinski definition) is 2. The number of alkyl halides is 3. The third kappa shape index (κ3) is 5.57. The number of halogens is 3. The van der Waals surface area contributed by atoms with Crippen LogP contribution in [0.25, 0.3) is 0 Å². The molecule has 0 spiro atoms. The highest BCUT2D eigenvalue weighted by atomic mass is 19.4. The lowest BCUT2D eigenvalue weighted by atomic mass is 10.0. The lowest BCUT2D eigenvalue weighted by Crippen LogP contribution is -2.38. The van der Waals surface area contributed by atoms with Gasteiger partial charge in [0.05, 0.1) is 6.54 Å². The van der Waals surface area contributed by atoms with Crippen LogP contribution in [0.2, 0.25) is 0 Å². The topological polar surface area (TPSA) is 15.3 Å². The first kappa shape index (κ1) is 15.8. The fraction of sp³-hybridized carbons (Fsp3) is 1.00. The molecule has 1 rings (SSSR count). The molecular formula is C13H25F3N2. The van der Waals surface area contributed by atoms with Crippen LogP contribution in [0.15, 0.2) is 0 Å². The highest BCUT2D eigenvalue weighted by Crippen LogP contribution is 2.22. The van der Waals surface area contributed by atoms with Gasteiger partial charge in [-0.1, -0.05) is 20.8 Å². The van der Waals surface area contributed by atoms with Crippen LogP contribution in [-0.4, -0.2) is 43.3 Å². The van der Waals surface area contributed by atoms with Crippen LogP contribution in [0, 0.1) is 11.8 Å². The van der Waals surface area contributed by atoms with Gasteiger partial charge in [-0.05, 0) is 37.8 Å². The molecule has 1 heterocycles. The van der Waals surface area contributed by atoms with Crippen molar-refractivity contribution in [3.8, 4) is 0 Å². The summed E-state index contributed by atoms with van der Waals surface area (Å²) in [5.74, 6) is 0.933. The molecule has 0 bridgehead atoms. The van der Waals surface area contributed by atoms with E-state index in [-0.39, 0.29) is 0 Å². The molecule has 1 fully saturated rings. The molecule has 0 aromatic rings. The summed E-state index contributed by atoms with van der Waals surface area (Å²) in [4.78, 5) is 1.52. The Bertz CT molecular complexity index is 241. The van der Waals surface area contributed by atoms with Crippen molar-refractivity contribution in [3.05, 3.63) is 0 Å². The molecule has 0 radical (unpaired) electrons. The summed E-state index contributed by atoms with van der Waals surface area (Å²) in [6.07, 6.45) is -2.12. The average Bonchev–Trinajstić information content (AvgIpc) is 2.63. The van der Waals surface area contributed by atoms with Crippen LogP contribution in [0.4, 0.5) is 13.2 Å². The van der Waals surface area contributed by atoms with E-state index in [2.05, 4.69) is 26.1 Å². The highest BCUT2D eigenvalue weighted by molar-refractivity contribution is 4.80. The molecule has 18 heavy (non-hydrogen) atoms. The smallest absolute Gasteiger partial charge is 0.313 e. The molecular weight excluding hydrogens is 241 g/mol. The quantitative estimate of drug-likeness (QED) is 0.795. The Labute approximate surface area is 108 Å². The van der Waals surface area contributed by atoms with Gasteiger partial charge >= 0.3 is 6.18 Å². The molecule has 0 aliphatic carbocycles. The van der Waals surface area contributed by atoms with E-state index in [1.165, 1.54) is 4.90 Å².